The molecule has 0 radical (unpaired) electrons. The summed E-state index contributed by atoms with van der Waals surface area (Å²) in [7, 11) is 1.73. The molecule has 68 valence electrons. The molecule has 3 nitrogen and oxygen atoms in total. The van der Waals surface area contributed by atoms with Gasteiger partial charge in [0.25, 0.3) is 0 Å². The van der Waals surface area contributed by atoms with Gasteiger partial charge in [-0.25, -0.2) is 4.79 Å². The highest BCUT2D eigenvalue weighted by atomic mass is 16.2. The Morgan fingerprint density at radius 1 is 1.67 bits per heavy atom. The highest BCUT2D eigenvalue weighted by molar-refractivity contribution is 5.74. The van der Waals surface area contributed by atoms with Gasteiger partial charge >= 0.3 is 6.03 Å². The van der Waals surface area contributed by atoms with E-state index in [9.17, 15) is 4.79 Å². The molecule has 0 aromatic carbocycles. The quantitative estimate of drug-likeness (QED) is 0.628. The van der Waals surface area contributed by atoms with E-state index in [-0.39, 0.29) is 12.1 Å². The van der Waals surface area contributed by atoms with Crippen LogP contribution in [-0.2, 0) is 0 Å². The largest absolute Gasteiger partial charge is 0.328 e. The lowest BCUT2D eigenvalue weighted by Crippen LogP contribution is -2.42. The Morgan fingerprint density at radius 3 is 2.58 bits per heavy atom. The van der Waals surface area contributed by atoms with Crippen molar-refractivity contribution in [3.05, 3.63) is 0 Å². The molecule has 0 aliphatic rings. The van der Waals surface area contributed by atoms with Gasteiger partial charge in [-0.1, -0.05) is 12.8 Å². The first-order chi connectivity index (χ1) is 5.65. The maximum Gasteiger partial charge on any atom is 0.318 e. The van der Waals surface area contributed by atoms with Gasteiger partial charge in [0, 0.05) is 13.6 Å². The second-order valence-electron chi connectivity index (χ2n) is 2.59. The number of terminal acetylenes is 1. The Morgan fingerprint density at radius 2 is 2.25 bits per heavy atom. The van der Waals surface area contributed by atoms with Crippen LogP contribution < -0.4 is 5.32 Å². The molecule has 1 N–H and O–H groups in total. The standard InChI is InChI=1S/C9H16N2O/c1-5-8(6-2)10-9(12)11(4)7-3/h1,8H,6-7H2,2-4H3,(H,10,12). The van der Waals surface area contributed by atoms with Gasteiger partial charge in [-0.05, 0) is 13.3 Å². The molecule has 0 saturated carbocycles. The van der Waals surface area contributed by atoms with Crippen molar-refractivity contribution < 1.29 is 4.79 Å². The first kappa shape index (κ1) is 10.8. The number of hydrogen-bond acceptors (Lipinski definition) is 1. The summed E-state index contributed by atoms with van der Waals surface area (Å²) in [5, 5.41) is 2.72. The molecule has 0 rings (SSSR count). The molecule has 0 spiro atoms. The summed E-state index contributed by atoms with van der Waals surface area (Å²) < 4.78 is 0. The van der Waals surface area contributed by atoms with E-state index in [1.54, 1.807) is 11.9 Å². The smallest absolute Gasteiger partial charge is 0.318 e. The molecule has 0 bridgehead atoms. The van der Waals surface area contributed by atoms with Crippen LogP contribution in [0.25, 0.3) is 0 Å². The van der Waals surface area contributed by atoms with Gasteiger partial charge in [-0.3, -0.25) is 0 Å². The van der Waals surface area contributed by atoms with Crippen LogP contribution in [0.3, 0.4) is 0 Å². The predicted octanol–water partition coefficient (Wildman–Crippen LogP) is 1.06. The van der Waals surface area contributed by atoms with E-state index in [4.69, 9.17) is 6.42 Å². The Labute approximate surface area is 74.1 Å². The number of nitrogens with one attached hydrogen (secondary N) is 1. The van der Waals surface area contributed by atoms with Gasteiger partial charge in [0.2, 0.25) is 0 Å². The topological polar surface area (TPSA) is 32.3 Å². The fourth-order valence-corrected chi connectivity index (χ4v) is 0.664. The minimum Gasteiger partial charge on any atom is -0.328 e. The minimum absolute atomic E-state index is 0.109. The molecule has 0 heterocycles. The van der Waals surface area contributed by atoms with Crippen LogP contribution in [0.5, 0.6) is 0 Å². The molecule has 0 aromatic heterocycles. The highest BCUT2D eigenvalue weighted by Crippen LogP contribution is 1.90. The van der Waals surface area contributed by atoms with Crippen LogP contribution in [0.2, 0.25) is 0 Å². The van der Waals surface area contributed by atoms with Crippen molar-refractivity contribution in [3.63, 3.8) is 0 Å². The van der Waals surface area contributed by atoms with E-state index in [2.05, 4.69) is 11.2 Å². The third-order valence-corrected chi connectivity index (χ3v) is 1.73. The van der Waals surface area contributed by atoms with Crippen molar-refractivity contribution in [2.45, 2.75) is 26.3 Å². The van der Waals surface area contributed by atoms with E-state index in [1.165, 1.54) is 0 Å². The first-order valence-electron chi connectivity index (χ1n) is 4.13. The Hall–Kier alpha value is -1.17. The molecule has 1 unspecified atom stereocenters. The molecule has 0 aliphatic carbocycles. The van der Waals surface area contributed by atoms with Crippen molar-refractivity contribution in [3.8, 4) is 12.3 Å². The van der Waals surface area contributed by atoms with Gasteiger partial charge in [0.15, 0.2) is 0 Å². The number of carbonyl (C=O) groups is 1. The van der Waals surface area contributed by atoms with Crippen LogP contribution in [-0.4, -0.2) is 30.6 Å². The lowest BCUT2D eigenvalue weighted by Gasteiger charge is -2.18. The Kier molecular flexibility index (Phi) is 4.94. The Balaban J connectivity index is 3.92. The van der Waals surface area contributed by atoms with Crippen molar-refractivity contribution in [2.24, 2.45) is 0 Å². The molecule has 2 amide bonds. The number of amides is 2. The molecule has 1 atom stereocenters. The summed E-state index contributed by atoms with van der Waals surface area (Å²) in [6.07, 6.45) is 5.95. The van der Waals surface area contributed by atoms with Gasteiger partial charge in [-0.15, -0.1) is 6.42 Å². The third-order valence-electron chi connectivity index (χ3n) is 1.73. The van der Waals surface area contributed by atoms with E-state index < -0.39 is 0 Å². The molecule has 0 saturated heterocycles. The van der Waals surface area contributed by atoms with E-state index in [0.717, 1.165) is 6.42 Å². The van der Waals surface area contributed by atoms with Gasteiger partial charge in [0.05, 0.1) is 6.04 Å². The van der Waals surface area contributed by atoms with Gasteiger partial charge in [0.1, 0.15) is 0 Å². The fourth-order valence-electron chi connectivity index (χ4n) is 0.664. The molecule has 0 aliphatic heterocycles. The monoisotopic (exact) mass is 168 g/mol. The van der Waals surface area contributed by atoms with Crippen molar-refractivity contribution in [1.29, 1.82) is 0 Å². The Bertz CT molecular complexity index is 183. The molecule has 12 heavy (non-hydrogen) atoms. The van der Waals surface area contributed by atoms with Gasteiger partial charge < -0.3 is 10.2 Å². The lowest BCUT2D eigenvalue weighted by atomic mass is 10.2. The summed E-state index contributed by atoms with van der Waals surface area (Å²) in [5.74, 6) is 2.50. The number of nitrogens with zero attached hydrogens (tertiary/aromatic N) is 1. The molecule has 3 heteroatoms. The van der Waals surface area contributed by atoms with Crippen molar-refractivity contribution in [2.75, 3.05) is 13.6 Å². The second kappa shape index (κ2) is 5.48. The van der Waals surface area contributed by atoms with Crippen molar-refractivity contribution >= 4 is 6.03 Å². The second-order valence-corrected chi connectivity index (χ2v) is 2.59. The lowest BCUT2D eigenvalue weighted by molar-refractivity contribution is 0.209. The maximum absolute atomic E-state index is 11.2. The van der Waals surface area contributed by atoms with E-state index >= 15 is 0 Å². The van der Waals surface area contributed by atoms with Crippen LogP contribution in [0.1, 0.15) is 20.3 Å². The fraction of sp³-hybridized carbons (Fsp3) is 0.667. The van der Waals surface area contributed by atoms with Crippen LogP contribution in [0.4, 0.5) is 4.79 Å². The minimum atomic E-state index is -0.147. The normalized spacial score (nSPS) is 11.5. The average molecular weight is 168 g/mol. The number of hydrogen-bond donors (Lipinski definition) is 1. The molecule has 0 fully saturated rings. The summed E-state index contributed by atoms with van der Waals surface area (Å²) in [5.41, 5.74) is 0. The molecule has 0 aromatic rings. The molecular weight excluding hydrogens is 152 g/mol. The SMILES string of the molecule is C#CC(CC)NC(=O)N(C)CC. The van der Waals surface area contributed by atoms with Crippen molar-refractivity contribution in [1.82, 2.24) is 10.2 Å². The summed E-state index contributed by atoms with van der Waals surface area (Å²) in [6.45, 7) is 4.54. The zero-order chi connectivity index (χ0) is 9.56. The number of urea groups is 1. The van der Waals surface area contributed by atoms with E-state index in [0.29, 0.717) is 6.54 Å². The maximum atomic E-state index is 11.2. The van der Waals surface area contributed by atoms with Crippen LogP contribution in [0.15, 0.2) is 0 Å². The van der Waals surface area contributed by atoms with Crippen LogP contribution >= 0.6 is 0 Å². The number of rotatable bonds is 3. The summed E-state index contributed by atoms with van der Waals surface area (Å²) >= 11 is 0. The zero-order valence-corrected chi connectivity index (χ0v) is 7.92. The highest BCUT2D eigenvalue weighted by Gasteiger charge is 2.09. The van der Waals surface area contributed by atoms with E-state index in [1.807, 2.05) is 13.8 Å². The third kappa shape index (κ3) is 3.29. The predicted molar refractivity (Wildman–Crippen MR) is 49.7 cm³/mol. The zero-order valence-electron chi connectivity index (χ0n) is 7.92. The summed E-state index contributed by atoms with van der Waals surface area (Å²) in [4.78, 5) is 12.8. The van der Waals surface area contributed by atoms with Crippen LogP contribution in [0, 0.1) is 12.3 Å². The summed E-state index contributed by atoms with van der Waals surface area (Å²) in [6, 6.07) is -0.256. The van der Waals surface area contributed by atoms with Gasteiger partial charge in [-0.2, -0.15) is 0 Å². The molecular formula is C9H16N2O. The number of carbonyl (C=O) groups excluding carboxylic acids is 1. The first-order valence-corrected chi connectivity index (χ1v) is 4.13. The average Bonchev–Trinajstić information content (AvgIpc) is 2.12.